The van der Waals surface area contributed by atoms with Crippen LogP contribution in [0, 0.1) is 12.8 Å². The molecule has 2 aromatic carbocycles. The van der Waals surface area contributed by atoms with Crippen molar-refractivity contribution in [1.82, 2.24) is 0 Å². The molecule has 190 valence electrons. The number of aliphatic carboxylic acids is 1. The molecule has 6 heteroatoms. The second kappa shape index (κ2) is 12.7. The molecular formula is C29H40N2O4. The van der Waals surface area contributed by atoms with Gasteiger partial charge in [0.2, 0.25) is 5.91 Å². The maximum absolute atomic E-state index is 13.1. The molecule has 2 aromatic rings. The van der Waals surface area contributed by atoms with E-state index in [-0.39, 0.29) is 24.7 Å². The average molecular weight is 481 g/mol. The van der Waals surface area contributed by atoms with Gasteiger partial charge in [-0.3, -0.25) is 9.59 Å². The van der Waals surface area contributed by atoms with Crippen LogP contribution < -0.4 is 10.2 Å². The molecule has 3 rings (SSSR count). The highest BCUT2D eigenvalue weighted by molar-refractivity contribution is 5.96. The van der Waals surface area contributed by atoms with Gasteiger partial charge in [-0.25, -0.2) is 0 Å². The van der Waals surface area contributed by atoms with Crippen molar-refractivity contribution in [2.45, 2.75) is 71.8 Å². The topological polar surface area (TPSA) is 78.9 Å². The number of anilines is 2. The monoisotopic (exact) mass is 480 g/mol. The van der Waals surface area contributed by atoms with E-state index in [2.05, 4.69) is 30.1 Å². The Kier molecular flexibility index (Phi) is 9.73. The fourth-order valence-electron chi connectivity index (χ4n) is 4.79. The van der Waals surface area contributed by atoms with Crippen LogP contribution >= 0.6 is 0 Å². The van der Waals surface area contributed by atoms with E-state index in [1.807, 2.05) is 50.2 Å². The lowest BCUT2D eigenvalue weighted by Crippen LogP contribution is -2.42. The summed E-state index contributed by atoms with van der Waals surface area (Å²) in [5.41, 5.74) is 4.83. The minimum absolute atomic E-state index is 0.0717. The molecule has 1 heterocycles. The van der Waals surface area contributed by atoms with Crippen molar-refractivity contribution in [1.29, 1.82) is 0 Å². The third kappa shape index (κ3) is 7.82. The van der Waals surface area contributed by atoms with Gasteiger partial charge in [0, 0.05) is 25.8 Å². The van der Waals surface area contributed by atoms with Gasteiger partial charge in [0.25, 0.3) is 0 Å². The molecule has 6 nitrogen and oxygen atoms in total. The van der Waals surface area contributed by atoms with Crippen LogP contribution in [0.5, 0.6) is 0 Å². The number of ether oxygens (including phenoxy) is 1. The fourth-order valence-corrected chi connectivity index (χ4v) is 4.79. The van der Waals surface area contributed by atoms with Gasteiger partial charge in [-0.2, -0.15) is 0 Å². The summed E-state index contributed by atoms with van der Waals surface area (Å²) in [6, 6.07) is 14.4. The summed E-state index contributed by atoms with van der Waals surface area (Å²) in [4.78, 5) is 27.0. The van der Waals surface area contributed by atoms with Crippen LogP contribution in [0.3, 0.4) is 0 Å². The molecule has 1 fully saturated rings. The number of carbonyl (C=O) groups is 2. The Labute approximate surface area is 209 Å². The van der Waals surface area contributed by atoms with Gasteiger partial charge >= 0.3 is 5.97 Å². The molecule has 35 heavy (non-hydrogen) atoms. The summed E-state index contributed by atoms with van der Waals surface area (Å²) < 4.78 is 5.61. The highest BCUT2D eigenvalue weighted by Crippen LogP contribution is 2.35. The largest absolute Gasteiger partial charge is 0.481 e. The van der Waals surface area contributed by atoms with Crippen molar-refractivity contribution in [3.8, 4) is 0 Å². The number of rotatable bonds is 11. The van der Waals surface area contributed by atoms with Crippen LogP contribution in [0.25, 0.3) is 0 Å². The number of carboxylic acids is 1. The van der Waals surface area contributed by atoms with Gasteiger partial charge in [-0.05, 0) is 61.3 Å². The summed E-state index contributed by atoms with van der Waals surface area (Å²) in [5.74, 6) is -0.538. The smallest absolute Gasteiger partial charge is 0.303 e. The maximum Gasteiger partial charge on any atom is 0.303 e. The van der Waals surface area contributed by atoms with Crippen LogP contribution in [0.15, 0.2) is 42.5 Å². The fraction of sp³-hybridized carbons (Fsp3) is 0.517. The molecule has 0 spiro atoms. The number of aryl methyl sites for hydroxylation is 1. The number of benzene rings is 2. The third-order valence-electron chi connectivity index (χ3n) is 6.67. The lowest BCUT2D eigenvalue weighted by Gasteiger charge is -2.38. The van der Waals surface area contributed by atoms with E-state index in [1.165, 1.54) is 0 Å². The van der Waals surface area contributed by atoms with Gasteiger partial charge < -0.3 is 20.1 Å². The summed E-state index contributed by atoms with van der Waals surface area (Å²) in [6.45, 7) is 10.8. The Hall–Kier alpha value is -2.86. The molecule has 1 aliphatic heterocycles. The normalized spacial score (nSPS) is 15.1. The van der Waals surface area contributed by atoms with E-state index in [1.54, 1.807) is 0 Å². The van der Waals surface area contributed by atoms with Gasteiger partial charge in [-0.15, -0.1) is 0 Å². The molecule has 0 bridgehead atoms. The Balaban J connectivity index is 1.96. The summed E-state index contributed by atoms with van der Waals surface area (Å²) >= 11 is 0. The van der Waals surface area contributed by atoms with Crippen LogP contribution in [-0.4, -0.2) is 42.8 Å². The molecule has 1 atom stereocenters. The summed E-state index contributed by atoms with van der Waals surface area (Å²) in [5, 5.41) is 12.6. The Morgan fingerprint density at radius 2 is 1.80 bits per heavy atom. The quantitative estimate of drug-likeness (QED) is 0.426. The van der Waals surface area contributed by atoms with Gasteiger partial charge in [0.05, 0.1) is 24.2 Å². The number of carboxylic acid groups (broad SMARTS) is 1. The molecule has 1 unspecified atom stereocenters. The van der Waals surface area contributed by atoms with Crippen molar-refractivity contribution in [2.75, 3.05) is 30.0 Å². The van der Waals surface area contributed by atoms with E-state index < -0.39 is 5.97 Å². The number of hydrogen-bond acceptors (Lipinski definition) is 4. The molecule has 1 aliphatic rings. The van der Waals surface area contributed by atoms with Crippen molar-refractivity contribution < 1.29 is 19.4 Å². The van der Waals surface area contributed by atoms with Gasteiger partial charge in [0.15, 0.2) is 0 Å². The molecule has 0 aromatic heterocycles. The predicted molar refractivity (Wildman–Crippen MR) is 141 cm³/mol. The SMILES string of the molecule is CCC(CC(=O)O)c1ccc(N(CC(C)C)C2CCOCC2)c(NC(=O)Cc2ccc(C)cc2)c1. The Bertz CT molecular complexity index is 981. The molecule has 1 saturated heterocycles. The third-order valence-corrected chi connectivity index (χ3v) is 6.67. The van der Waals surface area contributed by atoms with E-state index in [9.17, 15) is 14.7 Å². The lowest BCUT2D eigenvalue weighted by molar-refractivity contribution is -0.137. The first-order valence-corrected chi connectivity index (χ1v) is 12.8. The van der Waals surface area contributed by atoms with Crippen molar-refractivity contribution in [3.05, 3.63) is 59.2 Å². The standard InChI is InChI=1S/C29H40N2O4/c1-5-23(18-29(33)34)24-10-11-27(31(19-20(2)3)25-12-14-35-15-13-25)26(17-24)30-28(32)16-22-8-6-21(4)7-9-22/h6-11,17,20,23,25H,5,12-16,18-19H2,1-4H3,(H,30,32)(H,33,34). The van der Waals surface area contributed by atoms with E-state index in [0.29, 0.717) is 12.0 Å². The predicted octanol–water partition coefficient (Wildman–Crippen LogP) is 5.79. The molecule has 1 amide bonds. The highest BCUT2D eigenvalue weighted by atomic mass is 16.5. The van der Waals surface area contributed by atoms with E-state index in [4.69, 9.17) is 4.74 Å². The van der Waals surface area contributed by atoms with Gasteiger partial charge in [-0.1, -0.05) is 56.7 Å². The van der Waals surface area contributed by atoms with Crippen LogP contribution in [-0.2, 0) is 20.7 Å². The van der Waals surface area contributed by atoms with Crippen molar-refractivity contribution in [2.24, 2.45) is 5.92 Å². The maximum atomic E-state index is 13.1. The lowest BCUT2D eigenvalue weighted by atomic mass is 9.92. The first kappa shape index (κ1) is 26.7. The summed E-state index contributed by atoms with van der Waals surface area (Å²) in [6.07, 6.45) is 2.97. The second-order valence-electron chi connectivity index (χ2n) is 10.1. The van der Waals surface area contributed by atoms with Crippen molar-refractivity contribution >= 4 is 23.3 Å². The average Bonchev–Trinajstić information content (AvgIpc) is 2.83. The van der Waals surface area contributed by atoms with Crippen LogP contribution in [0.4, 0.5) is 11.4 Å². The van der Waals surface area contributed by atoms with Crippen LogP contribution in [0.1, 0.15) is 69.1 Å². The summed E-state index contributed by atoms with van der Waals surface area (Å²) in [7, 11) is 0. The Morgan fingerprint density at radius 1 is 1.11 bits per heavy atom. The molecule has 2 N–H and O–H groups in total. The van der Waals surface area contributed by atoms with E-state index >= 15 is 0 Å². The van der Waals surface area contributed by atoms with E-state index in [0.717, 1.165) is 67.1 Å². The molecular weight excluding hydrogens is 440 g/mol. The number of nitrogens with zero attached hydrogens (tertiary/aromatic N) is 1. The number of hydrogen-bond donors (Lipinski definition) is 2. The molecule has 0 aliphatic carbocycles. The minimum atomic E-state index is -0.811. The highest BCUT2D eigenvalue weighted by Gasteiger charge is 2.26. The zero-order valence-corrected chi connectivity index (χ0v) is 21.5. The second-order valence-corrected chi connectivity index (χ2v) is 10.1. The first-order chi connectivity index (χ1) is 16.8. The molecule has 0 radical (unpaired) electrons. The van der Waals surface area contributed by atoms with Gasteiger partial charge in [0.1, 0.15) is 0 Å². The minimum Gasteiger partial charge on any atom is -0.481 e. The number of carbonyl (C=O) groups excluding carboxylic acids is 1. The zero-order valence-electron chi connectivity index (χ0n) is 21.5. The first-order valence-electron chi connectivity index (χ1n) is 12.8. The number of nitrogens with one attached hydrogen (secondary N) is 1. The Morgan fingerprint density at radius 3 is 2.40 bits per heavy atom. The molecule has 0 saturated carbocycles. The number of amides is 1. The van der Waals surface area contributed by atoms with Crippen molar-refractivity contribution in [3.63, 3.8) is 0 Å². The zero-order chi connectivity index (χ0) is 25.4. The van der Waals surface area contributed by atoms with Crippen LogP contribution in [0.2, 0.25) is 0 Å².